The molecule has 1 rings (SSSR count). The van der Waals surface area contributed by atoms with Crippen LogP contribution in [0, 0.1) is 0 Å². The van der Waals surface area contributed by atoms with E-state index in [4.69, 9.17) is 0 Å². The Morgan fingerprint density at radius 3 is 3.18 bits per heavy atom. The second-order valence-corrected chi connectivity index (χ2v) is 3.88. The smallest absolute Gasteiger partial charge is 0.211 e. The summed E-state index contributed by atoms with van der Waals surface area (Å²) < 4.78 is 0. The van der Waals surface area contributed by atoms with Crippen molar-refractivity contribution in [3.8, 4) is 0 Å². The number of hydrogen-bond donors (Lipinski definition) is 0. The van der Waals surface area contributed by atoms with Gasteiger partial charge in [-0.3, -0.25) is 0 Å². The number of nitrogens with zero attached hydrogens (tertiary/aromatic N) is 1. The van der Waals surface area contributed by atoms with Crippen molar-refractivity contribution < 1.29 is 4.79 Å². The van der Waals surface area contributed by atoms with Gasteiger partial charge in [-0.2, -0.15) is 11.8 Å². The average Bonchev–Trinajstić information content (AvgIpc) is 2.52. The van der Waals surface area contributed by atoms with Gasteiger partial charge in [0.2, 0.25) is 6.08 Å². The summed E-state index contributed by atoms with van der Waals surface area (Å²) in [5.41, 5.74) is 1.07. The molecule has 0 N–H and O–H groups in total. The van der Waals surface area contributed by atoms with E-state index < -0.39 is 0 Å². The first-order valence-corrected chi connectivity index (χ1v) is 4.72. The lowest BCUT2D eigenvalue weighted by molar-refractivity contribution is 0.563. The zero-order valence-corrected chi connectivity index (χ0v) is 7.19. The van der Waals surface area contributed by atoms with Crippen LogP contribution in [0.4, 0.5) is 0 Å². The predicted octanol–water partition coefficient (Wildman–Crippen LogP) is 1.77. The minimum Gasteiger partial charge on any atom is -0.211 e. The second kappa shape index (κ2) is 4.37. The average molecular weight is 169 g/mol. The lowest BCUT2D eigenvalue weighted by Crippen LogP contribution is -2.03. The van der Waals surface area contributed by atoms with Crippen LogP contribution in [0.5, 0.6) is 0 Å². The first-order chi connectivity index (χ1) is 5.34. The fourth-order valence-electron chi connectivity index (χ4n) is 1.14. The van der Waals surface area contributed by atoms with Crippen LogP contribution in [0.2, 0.25) is 0 Å². The summed E-state index contributed by atoms with van der Waals surface area (Å²) in [6, 6.07) is 0. The molecule has 0 aromatic rings. The van der Waals surface area contributed by atoms with Crippen molar-refractivity contribution in [2.75, 3.05) is 12.3 Å². The van der Waals surface area contributed by atoms with E-state index in [0.29, 0.717) is 11.8 Å². The van der Waals surface area contributed by atoms with E-state index >= 15 is 0 Å². The molecule has 0 spiro atoms. The predicted molar refractivity (Wildman–Crippen MR) is 47.6 cm³/mol. The van der Waals surface area contributed by atoms with Crippen LogP contribution in [0.3, 0.4) is 0 Å². The SMILES string of the molecule is C=C(CN=C=O)C1CCCS1. The third kappa shape index (κ3) is 2.52. The molecule has 0 radical (unpaired) electrons. The number of isocyanates is 1. The Bertz CT molecular complexity index is 190. The van der Waals surface area contributed by atoms with Crippen LogP contribution >= 0.6 is 11.8 Å². The van der Waals surface area contributed by atoms with E-state index in [1.54, 1.807) is 0 Å². The molecule has 0 bridgehead atoms. The van der Waals surface area contributed by atoms with Gasteiger partial charge >= 0.3 is 0 Å². The fraction of sp³-hybridized carbons (Fsp3) is 0.625. The van der Waals surface area contributed by atoms with Gasteiger partial charge in [-0.25, -0.2) is 9.79 Å². The maximum Gasteiger partial charge on any atom is 0.235 e. The zero-order chi connectivity index (χ0) is 8.10. The van der Waals surface area contributed by atoms with Gasteiger partial charge in [0.1, 0.15) is 0 Å². The van der Waals surface area contributed by atoms with Crippen molar-refractivity contribution in [3.63, 3.8) is 0 Å². The van der Waals surface area contributed by atoms with Gasteiger partial charge in [-0.15, -0.1) is 0 Å². The first kappa shape index (κ1) is 8.57. The van der Waals surface area contributed by atoms with Crippen molar-refractivity contribution in [2.24, 2.45) is 4.99 Å². The van der Waals surface area contributed by atoms with Crippen LogP contribution in [0.25, 0.3) is 0 Å². The monoisotopic (exact) mass is 169 g/mol. The molecule has 11 heavy (non-hydrogen) atoms. The molecular weight excluding hydrogens is 158 g/mol. The molecule has 0 aromatic heterocycles. The van der Waals surface area contributed by atoms with Crippen LogP contribution in [0.1, 0.15) is 12.8 Å². The topological polar surface area (TPSA) is 29.4 Å². The maximum absolute atomic E-state index is 9.78. The molecule has 0 amide bonds. The molecule has 1 aliphatic heterocycles. The fourth-order valence-corrected chi connectivity index (χ4v) is 2.40. The van der Waals surface area contributed by atoms with Crippen LogP contribution in [-0.4, -0.2) is 23.6 Å². The van der Waals surface area contributed by atoms with Gasteiger partial charge in [-0.1, -0.05) is 6.58 Å². The number of hydrogen-bond acceptors (Lipinski definition) is 3. The Kier molecular flexibility index (Phi) is 3.40. The van der Waals surface area contributed by atoms with Crippen molar-refractivity contribution in [1.29, 1.82) is 0 Å². The minimum absolute atomic E-state index is 0.459. The Balaban J connectivity index is 2.34. The Morgan fingerprint density at radius 1 is 1.82 bits per heavy atom. The lowest BCUT2D eigenvalue weighted by atomic mass is 10.1. The summed E-state index contributed by atoms with van der Waals surface area (Å²) in [4.78, 5) is 13.3. The van der Waals surface area contributed by atoms with E-state index in [1.165, 1.54) is 24.7 Å². The van der Waals surface area contributed by atoms with E-state index in [-0.39, 0.29) is 0 Å². The molecule has 1 aliphatic rings. The molecule has 1 saturated heterocycles. The highest BCUT2D eigenvalue weighted by molar-refractivity contribution is 8.00. The van der Waals surface area contributed by atoms with Crippen molar-refractivity contribution in [2.45, 2.75) is 18.1 Å². The van der Waals surface area contributed by atoms with Crippen molar-refractivity contribution in [3.05, 3.63) is 12.2 Å². The zero-order valence-electron chi connectivity index (χ0n) is 6.38. The van der Waals surface area contributed by atoms with E-state index in [0.717, 1.165) is 5.57 Å². The molecule has 3 heteroatoms. The number of rotatable bonds is 3. The number of carbonyl (C=O) groups excluding carboxylic acids is 1. The van der Waals surface area contributed by atoms with Crippen LogP contribution in [-0.2, 0) is 4.79 Å². The van der Waals surface area contributed by atoms with Crippen molar-refractivity contribution in [1.82, 2.24) is 0 Å². The summed E-state index contributed by atoms with van der Waals surface area (Å²) in [6.45, 7) is 4.34. The Morgan fingerprint density at radius 2 is 2.64 bits per heavy atom. The molecule has 0 aromatic carbocycles. The van der Waals surface area contributed by atoms with Crippen LogP contribution in [0.15, 0.2) is 17.1 Å². The third-order valence-corrected chi connectivity index (χ3v) is 3.23. The van der Waals surface area contributed by atoms with Gasteiger partial charge in [-0.05, 0) is 24.2 Å². The first-order valence-electron chi connectivity index (χ1n) is 3.67. The second-order valence-electron chi connectivity index (χ2n) is 2.57. The molecule has 1 fully saturated rings. The molecule has 60 valence electrons. The quantitative estimate of drug-likeness (QED) is 0.366. The minimum atomic E-state index is 0.459. The molecule has 1 heterocycles. The van der Waals surface area contributed by atoms with E-state index in [1.807, 2.05) is 11.8 Å². The lowest BCUT2D eigenvalue weighted by Gasteiger charge is -2.07. The maximum atomic E-state index is 9.78. The molecular formula is C8H11NOS. The van der Waals surface area contributed by atoms with Crippen molar-refractivity contribution >= 4 is 17.8 Å². The summed E-state index contributed by atoms with van der Waals surface area (Å²) in [6.07, 6.45) is 3.98. The molecule has 0 aliphatic carbocycles. The van der Waals surface area contributed by atoms with Gasteiger partial charge in [0.15, 0.2) is 0 Å². The molecule has 1 atom stereocenters. The van der Waals surface area contributed by atoms with Gasteiger partial charge in [0, 0.05) is 5.25 Å². The van der Waals surface area contributed by atoms with Gasteiger partial charge < -0.3 is 0 Å². The molecule has 0 saturated carbocycles. The summed E-state index contributed by atoms with van der Waals surface area (Å²) in [7, 11) is 0. The highest BCUT2D eigenvalue weighted by Gasteiger charge is 2.17. The summed E-state index contributed by atoms with van der Waals surface area (Å²) in [5.74, 6) is 1.22. The number of aliphatic imine (C=N–C) groups is 1. The van der Waals surface area contributed by atoms with Gasteiger partial charge in [0.25, 0.3) is 0 Å². The van der Waals surface area contributed by atoms with Gasteiger partial charge in [0.05, 0.1) is 6.54 Å². The summed E-state index contributed by atoms with van der Waals surface area (Å²) >= 11 is 1.91. The summed E-state index contributed by atoms with van der Waals surface area (Å²) in [5, 5.41) is 0.534. The Hall–Kier alpha value is -0.530. The van der Waals surface area contributed by atoms with Crippen LogP contribution < -0.4 is 0 Å². The molecule has 2 nitrogen and oxygen atoms in total. The van der Waals surface area contributed by atoms with E-state index in [9.17, 15) is 4.79 Å². The third-order valence-electron chi connectivity index (χ3n) is 1.73. The Labute approximate surface area is 70.8 Å². The highest BCUT2D eigenvalue weighted by Crippen LogP contribution is 2.30. The normalized spacial score (nSPS) is 22.7. The highest BCUT2D eigenvalue weighted by atomic mass is 32.2. The number of thioether (sulfide) groups is 1. The largest absolute Gasteiger partial charge is 0.235 e. The van der Waals surface area contributed by atoms with E-state index in [2.05, 4.69) is 11.6 Å². The molecule has 1 unspecified atom stereocenters. The standard InChI is InChI=1S/C8H11NOS/c1-7(5-9-6-10)8-3-2-4-11-8/h8H,1-5H2.